The van der Waals surface area contributed by atoms with Gasteiger partial charge in [-0.25, -0.2) is 14.5 Å². The molecule has 8 nitrogen and oxygen atoms in total. The van der Waals surface area contributed by atoms with Crippen molar-refractivity contribution in [3.05, 3.63) is 63.5 Å². The molecule has 0 spiro atoms. The third-order valence-electron chi connectivity index (χ3n) is 3.88. The van der Waals surface area contributed by atoms with E-state index in [4.69, 9.17) is 11.6 Å². The SMILES string of the molecule is O=c1o[nH][n+](-c2ccc(Cl)cc2)c1S(=O)(=O)Nc1nc2ccc(C(F)(F)F)cc2s1. The fourth-order valence-corrected chi connectivity index (χ4v) is 4.96. The number of benzene rings is 2. The van der Waals surface area contributed by atoms with E-state index < -0.39 is 32.4 Å². The van der Waals surface area contributed by atoms with Gasteiger partial charge in [0.25, 0.3) is 0 Å². The zero-order valence-corrected chi connectivity index (χ0v) is 16.8. The van der Waals surface area contributed by atoms with Crippen molar-refractivity contribution >= 4 is 48.3 Å². The summed E-state index contributed by atoms with van der Waals surface area (Å²) in [5, 5.41) is 1.57. The molecule has 0 aliphatic heterocycles. The van der Waals surface area contributed by atoms with Crippen LogP contribution < -0.4 is 15.0 Å². The summed E-state index contributed by atoms with van der Waals surface area (Å²) in [4.78, 5) is 16.0. The number of thiazole rings is 1. The molecule has 2 aromatic heterocycles. The van der Waals surface area contributed by atoms with Crippen LogP contribution in [0.3, 0.4) is 0 Å². The smallest absolute Gasteiger partial charge is 0.281 e. The Morgan fingerprint density at radius 1 is 1.17 bits per heavy atom. The van der Waals surface area contributed by atoms with Crippen molar-refractivity contribution in [3.8, 4) is 5.69 Å². The molecule has 4 rings (SSSR count). The molecule has 0 saturated heterocycles. The van der Waals surface area contributed by atoms with Crippen molar-refractivity contribution in [1.29, 1.82) is 0 Å². The molecule has 2 heterocycles. The molecular weight excluding hydrogens is 469 g/mol. The van der Waals surface area contributed by atoms with Gasteiger partial charge in [-0.3, -0.25) is 4.52 Å². The molecule has 0 radical (unpaired) electrons. The van der Waals surface area contributed by atoms with Crippen molar-refractivity contribution in [2.75, 3.05) is 4.72 Å². The Kier molecular flexibility index (Phi) is 4.83. The molecule has 0 unspecified atom stereocenters. The van der Waals surface area contributed by atoms with Gasteiger partial charge in [-0.15, -0.1) is 0 Å². The summed E-state index contributed by atoms with van der Waals surface area (Å²) in [6.07, 6.45) is -4.55. The number of aromatic nitrogens is 3. The van der Waals surface area contributed by atoms with Gasteiger partial charge in [0, 0.05) is 17.2 Å². The molecular formula is C16H9ClF3N4O4S2+. The maximum absolute atomic E-state index is 12.9. The topological polar surface area (TPSA) is 109 Å². The number of anilines is 1. The third kappa shape index (κ3) is 3.78. The van der Waals surface area contributed by atoms with Crippen LogP contribution in [0, 0.1) is 0 Å². The number of aromatic amines is 1. The highest BCUT2D eigenvalue weighted by atomic mass is 35.5. The number of sulfonamides is 1. The maximum Gasteiger partial charge on any atom is 0.449 e. The number of alkyl halides is 3. The fourth-order valence-electron chi connectivity index (χ4n) is 2.56. The molecule has 156 valence electrons. The first-order chi connectivity index (χ1) is 14.0. The van der Waals surface area contributed by atoms with E-state index in [1.54, 1.807) is 0 Å². The van der Waals surface area contributed by atoms with E-state index in [2.05, 4.69) is 19.5 Å². The minimum Gasteiger partial charge on any atom is -0.281 e. The zero-order valence-electron chi connectivity index (χ0n) is 14.4. The van der Waals surface area contributed by atoms with E-state index in [1.165, 1.54) is 24.3 Å². The number of hydrogen-bond acceptors (Lipinski definition) is 6. The third-order valence-corrected chi connectivity index (χ3v) is 6.52. The van der Waals surface area contributed by atoms with Crippen molar-refractivity contribution in [2.24, 2.45) is 0 Å². The van der Waals surface area contributed by atoms with Crippen LogP contribution >= 0.6 is 22.9 Å². The van der Waals surface area contributed by atoms with E-state index >= 15 is 0 Å². The van der Waals surface area contributed by atoms with Gasteiger partial charge in [0.15, 0.2) is 5.13 Å². The second-order valence-corrected chi connectivity index (χ2v) is 8.97. The minimum atomic E-state index is -4.55. The van der Waals surface area contributed by atoms with Gasteiger partial charge < -0.3 is 0 Å². The van der Waals surface area contributed by atoms with Crippen LogP contribution in [0.15, 0.2) is 56.8 Å². The minimum absolute atomic E-state index is 0.120. The number of nitrogens with zero attached hydrogens (tertiary/aromatic N) is 2. The average molecular weight is 478 g/mol. The van der Waals surface area contributed by atoms with Gasteiger partial charge in [-0.05, 0) is 40.3 Å². The summed E-state index contributed by atoms with van der Waals surface area (Å²) in [6, 6.07) is 8.69. The summed E-state index contributed by atoms with van der Waals surface area (Å²) in [7, 11) is -4.51. The Labute approximate surface area is 174 Å². The first kappa shape index (κ1) is 20.4. The van der Waals surface area contributed by atoms with Gasteiger partial charge in [0.2, 0.25) is 5.69 Å². The molecule has 0 fully saturated rings. The highest BCUT2D eigenvalue weighted by Gasteiger charge is 2.37. The summed E-state index contributed by atoms with van der Waals surface area (Å²) in [5.74, 6) is 0. The van der Waals surface area contributed by atoms with E-state index in [0.29, 0.717) is 16.4 Å². The predicted molar refractivity (Wildman–Crippen MR) is 101 cm³/mol. The van der Waals surface area contributed by atoms with Crippen molar-refractivity contribution in [2.45, 2.75) is 11.2 Å². The Morgan fingerprint density at radius 3 is 2.53 bits per heavy atom. The number of fused-ring (bicyclic) bond motifs is 1. The highest BCUT2D eigenvalue weighted by molar-refractivity contribution is 7.92. The molecule has 0 aliphatic rings. The lowest BCUT2D eigenvalue weighted by molar-refractivity contribution is -0.705. The van der Waals surface area contributed by atoms with E-state index in [9.17, 15) is 26.4 Å². The van der Waals surface area contributed by atoms with Crippen LogP contribution in [0.1, 0.15) is 5.56 Å². The average Bonchev–Trinajstić information content (AvgIpc) is 3.23. The van der Waals surface area contributed by atoms with Crippen molar-refractivity contribution in [3.63, 3.8) is 0 Å². The van der Waals surface area contributed by atoms with Gasteiger partial charge in [-0.1, -0.05) is 22.9 Å². The summed E-state index contributed by atoms with van der Waals surface area (Å²) < 4.78 is 71.9. The lowest BCUT2D eigenvalue weighted by Gasteiger charge is -2.04. The molecule has 4 aromatic rings. The second kappa shape index (κ2) is 7.11. The Morgan fingerprint density at radius 2 is 1.87 bits per heavy atom. The summed E-state index contributed by atoms with van der Waals surface area (Å²) in [6.45, 7) is 0. The lowest BCUT2D eigenvalue weighted by Crippen LogP contribution is -2.42. The maximum atomic E-state index is 12.9. The molecule has 0 aliphatic carbocycles. The molecule has 2 N–H and O–H groups in total. The van der Waals surface area contributed by atoms with Gasteiger partial charge >= 0.3 is 26.9 Å². The largest absolute Gasteiger partial charge is 0.449 e. The van der Waals surface area contributed by atoms with E-state index in [-0.39, 0.29) is 21.0 Å². The van der Waals surface area contributed by atoms with Crippen LogP contribution in [0.25, 0.3) is 15.9 Å². The Bertz CT molecular complexity index is 1410. The van der Waals surface area contributed by atoms with Crippen LogP contribution in [-0.4, -0.2) is 18.7 Å². The second-order valence-electron chi connectivity index (χ2n) is 5.90. The normalized spacial score (nSPS) is 12.4. The monoisotopic (exact) mass is 477 g/mol. The van der Waals surface area contributed by atoms with Gasteiger partial charge in [0.05, 0.1) is 15.8 Å². The number of rotatable bonds is 4. The van der Waals surface area contributed by atoms with E-state index in [1.807, 2.05) is 0 Å². The molecule has 0 atom stereocenters. The van der Waals surface area contributed by atoms with Crippen molar-refractivity contribution in [1.82, 2.24) is 10.3 Å². The van der Waals surface area contributed by atoms with E-state index in [0.717, 1.165) is 22.9 Å². The standard InChI is InChI=1S/C16H8ClF3N4O4S2/c17-9-2-4-10(5-3-9)24-13(14(25)28-23-24)30(26,27)22-15-21-11-6-1-8(16(18,19)20)7-12(11)29-15/h1-7H,(H-,21,22,23,25)/p+1. The fraction of sp³-hybridized carbons (Fsp3) is 0.0625. The number of halogens is 4. The van der Waals surface area contributed by atoms with Crippen LogP contribution in [0.4, 0.5) is 18.3 Å². The van der Waals surface area contributed by atoms with Gasteiger partial charge in [0.1, 0.15) is 0 Å². The molecule has 14 heteroatoms. The predicted octanol–water partition coefficient (Wildman–Crippen LogP) is 3.33. The van der Waals surface area contributed by atoms with Crippen LogP contribution in [0.5, 0.6) is 0 Å². The first-order valence-corrected chi connectivity index (χ1v) is 10.6. The molecule has 30 heavy (non-hydrogen) atoms. The molecule has 2 aromatic carbocycles. The van der Waals surface area contributed by atoms with Crippen LogP contribution in [0.2, 0.25) is 5.02 Å². The Balaban J connectivity index is 1.73. The number of H-pyrrole nitrogens is 1. The van der Waals surface area contributed by atoms with Crippen molar-refractivity contribution < 1.29 is 30.8 Å². The zero-order chi connectivity index (χ0) is 21.7. The quantitative estimate of drug-likeness (QED) is 0.438. The first-order valence-electron chi connectivity index (χ1n) is 7.95. The number of nitrogens with one attached hydrogen (secondary N) is 2. The highest BCUT2D eigenvalue weighted by Crippen LogP contribution is 2.34. The molecule has 0 bridgehead atoms. The molecule has 0 saturated carbocycles. The van der Waals surface area contributed by atoms with Crippen LogP contribution in [-0.2, 0) is 16.2 Å². The molecule has 0 amide bonds. The summed E-state index contributed by atoms with van der Waals surface area (Å²) >= 11 is 6.50. The Hall–Kier alpha value is -2.90. The number of hydrogen-bond donors (Lipinski definition) is 2. The summed E-state index contributed by atoms with van der Waals surface area (Å²) in [5.41, 5.74) is -1.67. The van der Waals surface area contributed by atoms with Gasteiger partial charge in [-0.2, -0.15) is 21.6 Å². The lowest BCUT2D eigenvalue weighted by atomic mass is 10.2.